The zero-order valence-electron chi connectivity index (χ0n) is 9.03. The minimum absolute atomic E-state index is 0.0465. The number of ketones is 1. The van der Waals surface area contributed by atoms with Crippen molar-refractivity contribution < 1.29 is 9.53 Å². The van der Waals surface area contributed by atoms with Gasteiger partial charge in [0.05, 0.1) is 18.0 Å². The van der Waals surface area contributed by atoms with Gasteiger partial charge in [-0.05, 0) is 25.1 Å². The third-order valence-corrected chi connectivity index (χ3v) is 2.71. The molecular formula is C11H11BrN2O2. The van der Waals surface area contributed by atoms with Crippen molar-refractivity contribution in [3.8, 4) is 5.88 Å². The fourth-order valence-electron chi connectivity index (χ4n) is 1.62. The number of benzene rings is 1. The highest BCUT2D eigenvalue weighted by Crippen LogP contribution is 2.27. The molecule has 0 radical (unpaired) electrons. The van der Waals surface area contributed by atoms with Gasteiger partial charge in [0.25, 0.3) is 0 Å². The van der Waals surface area contributed by atoms with Crippen LogP contribution in [0.15, 0.2) is 22.7 Å². The number of carbonyl (C=O) groups excluding carboxylic acids is 1. The maximum Gasteiger partial charge on any atom is 0.220 e. The average molecular weight is 283 g/mol. The van der Waals surface area contributed by atoms with Gasteiger partial charge in [0.2, 0.25) is 5.88 Å². The number of halogens is 1. The molecule has 0 aliphatic carbocycles. The topological polar surface area (TPSA) is 44.1 Å². The summed E-state index contributed by atoms with van der Waals surface area (Å²) in [5.74, 6) is 0.669. The first-order valence-electron chi connectivity index (χ1n) is 4.81. The van der Waals surface area contributed by atoms with Gasteiger partial charge in [-0.25, -0.2) is 4.68 Å². The SMILES string of the molecule is COc1c2ccc(Br)cc2nn1CC(C)=O. The Kier molecular flexibility index (Phi) is 2.96. The highest BCUT2D eigenvalue weighted by molar-refractivity contribution is 9.10. The van der Waals surface area contributed by atoms with Crippen molar-refractivity contribution in [1.82, 2.24) is 9.78 Å². The van der Waals surface area contributed by atoms with Crippen LogP contribution in [-0.2, 0) is 11.3 Å². The van der Waals surface area contributed by atoms with Crippen molar-refractivity contribution in [2.24, 2.45) is 0 Å². The summed E-state index contributed by atoms with van der Waals surface area (Å²) in [4.78, 5) is 11.1. The van der Waals surface area contributed by atoms with Gasteiger partial charge in [-0.2, -0.15) is 5.10 Å². The standard InChI is InChI=1S/C11H11BrN2O2/c1-7(15)6-14-11(16-2)9-4-3-8(12)5-10(9)13-14/h3-5H,6H2,1-2H3. The lowest BCUT2D eigenvalue weighted by molar-refractivity contribution is -0.117. The Bertz CT molecular complexity index is 548. The average Bonchev–Trinajstić information content (AvgIpc) is 2.52. The molecule has 5 heteroatoms. The molecule has 1 aromatic carbocycles. The Morgan fingerprint density at radius 1 is 1.56 bits per heavy atom. The minimum atomic E-state index is 0.0465. The van der Waals surface area contributed by atoms with Gasteiger partial charge in [-0.15, -0.1) is 0 Å². The highest BCUT2D eigenvalue weighted by atomic mass is 79.9. The van der Waals surface area contributed by atoms with Crippen LogP contribution in [0.4, 0.5) is 0 Å². The fourth-order valence-corrected chi connectivity index (χ4v) is 1.97. The quantitative estimate of drug-likeness (QED) is 0.868. The first kappa shape index (κ1) is 11.1. The zero-order chi connectivity index (χ0) is 11.7. The minimum Gasteiger partial charge on any atom is -0.481 e. The van der Waals surface area contributed by atoms with E-state index in [9.17, 15) is 4.79 Å². The van der Waals surface area contributed by atoms with Crippen LogP contribution in [0.3, 0.4) is 0 Å². The molecule has 2 aromatic rings. The molecule has 0 saturated heterocycles. The molecule has 0 aliphatic rings. The molecule has 0 saturated carbocycles. The van der Waals surface area contributed by atoms with Crippen LogP contribution in [0.25, 0.3) is 10.9 Å². The van der Waals surface area contributed by atoms with Crippen molar-refractivity contribution in [2.45, 2.75) is 13.5 Å². The normalized spacial score (nSPS) is 10.7. The van der Waals surface area contributed by atoms with E-state index in [1.165, 1.54) is 6.92 Å². The van der Waals surface area contributed by atoms with Gasteiger partial charge in [0.1, 0.15) is 6.54 Å². The van der Waals surface area contributed by atoms with Gasteiger partial charge < -0.3 is 4.74 Å². The summed E-state index contributed by atoms with van der Waals surface area (Å²) in [6, 6.07) is 5.74. The van der Waals surface area contributed by atoms with Crippen molar-refractivity contribution in [2.75, 3.05) is 7.11 Å². The summed E-state index contributed by atoms with van der Waals surface area (Å²) < 4.78 is 7.81. The third kappa shape index (κ3) is 1.95. The van der Waals surface area contributed by atoms with E-state index in [0.29, 0.717) is 5.88 Å². The molecule has 0 aliphatic heterocycles. The van der Waals surface area contributed by atoms with Crippen LogP contribution in [0.2, 0.25) is 0 Å². The lowest BCUT2D eigenvalue weighted by atomic mass is 10.2. The zero-order valence-corrected chi connectivity index (χ0v) is 10.6. The monoisotopic (exact) mass is 282 g/mol. The number of methoxy groups -OCH3 is 1. The van der Waals surface area contributed by atoms with E-state index in [1.54, 1.807) is 11.8 Å². The lowest BCUT2D eigenvalue weighted by Crippen LogP contribution is -2.09. The molecule has 0 bridgehead atoms. The van der Waals surface area contributed by atoms with Gasteiger partial charge in [-0.3, -0.25) is 4.79 Å². The third-order valence-electron chi connectivity index (χ3n) is 2.22. The van der Waals surface area contributed by atoms with Crippen LogP contribution >= 0.6 is 15.9 Å². The predicted molar refractivity (Wildman–Crippen MR) is 64.7 cm³/mol. The number of ether oxygens (including phenoxy) is 1. The Balaban J connectivity index is 2.61. The number of rotatable bonds is 3. The van der Waals surface area contributed by atoms with Crippen molar-refractivity contribution >= 4 is 32.6 Å². The Labute approximate surface area is 101 Å². The van der Waals surface area contributed by atoms with E-state index in [2.05, 4.69) is 21.0 Å². The first-order valence-corrected chi connectivity index (χ1v) is 5.60. The molecule has 0 atom stereocenters. The second-order valence-corrected chi connectivity index (χ2v) is 4.45. The van der Waals surface area contributed by atoms with Gasteiger partial charge in [0, 0.05) is 4.47 Å². The highest BCUT2D eigenvalue weighted by Gasteiger charge is 2.12. The Morgan fingerprint density at radius 2 is 2.31 bits per heavy atom. The maximum atomic E-state index is 11.1. The molecule has 0 unspecified atom stereocenters. The first-order chi connectivity index (χ1) is 7.61. The van der Waals surface area contributed by atoms with Crippen molar-refractivity contribution in [3.05, 3.63) is 22.7 Å². The molecule has 0 amide bonds. The van der Waals surface area contributed by atoms with Gasteiger partial charge in [-0.1, -0.05) is 15.9 Å². The van der Waals surface area contributed by atoms with Crippen LogP contribution in [-0.4, -0.2) is 22.7 Å². The molecule has 2 rings (SSSR count). The molecule has 1 aromatic heterocycles. The van der Waals surface area contributed by atoms with Gasteiger partial charge >= 0.3 is 0 Å². The molecule has 1 heterocycles. The molecule has 0 spiro atoms. The van der Waals surface area contributed by atoms with E-state index in [-0.39, 0.29) is 12.3 Å². The number of Topliss-reactive ketones (excluding diaryl/α,β-unsaturated/α-hetero) is 1. The van der Waals surface area contributed by atoms with Crippen molar-refractivity contribution in [3.63, 3.8) is 0 Å². The van der Waals surface area contributed by atoms with Crippen LogP contribution in [0.5, 0.6) is 5.88 Å². The molecule has 16 heavy (non-hydrogen) atoms. The summed E-state index contributed by atoms with van der Waals surface area (Å²) >= 11 is 3.38. The van der Waals surface area contributed by atoms with E-state index in [1.807, 2.05) is 18.2 Å². The Morgan fingerprint density at radius 3 is 2.94 bits per heavy atom. The molecule has 4 nitrogen and oxygen atoms in total. The van der Waals surface area contributed by atoms with E-state index in [4.69, 9.17) is 4.74 Å². The summed E-state index contributed by atoms with van der Waals surface area (Å²) in [6.07, 6.45) is 0. The van der Waals surface area contributed by atoms with Crippen LogP contribution in [0, 0.1) is 0 Å². The smallest absolute Gasteiger partial charge is 0.220 e. The summed E-state index contributed by atoms with van der Waals surface area (Å²) in [7, 11) is 1.58. The summed E-state index contributed by atoms with van der Waals surface area (Å²) in [6.45, 7) is 1.76. The summed E-state index contributed by atoms with van der Waals surface area (Å²) in [5, 5.41) is 5.23. The van der Waals surface area contributed by atoms with Crippen LogP contribution in [0.1, 0.15) is 6.92 Å². The number of aromatic nitrogens is 2. The van der Waals surface area contributed by atoms with Crippen LogP contribution < -0.4 is 4.74 Å². The summed E-state index contributed by atoms with van der Waals surface area (Å²) in [5.41, 5.74) is 0.812. The second kappa shape index (κ2) is 4.25. The van der Waals surface area contributed by atoms with E-state index < -0.39 is 0 Å². The fraction of sp³-hybridized carbons (Fsp3) is 0.273. The maximum absolute atomic E-state index is 11.1. The number of hydrogen-bond donors (Lipinski definition) is 0. The van der Waals surface area contributed by atoms with E-state index >= 15 is 0 Å². The lowest BCUT2D eigenvalue weighted by Gasteiger charge is -2.03. The predicted octanol–water partition coefficient (Wildman–Crippen LogP) is 2.40. The number of carbonyl (C=O) groups is 1. The van der Waals surface area contributed by atoms with Gasteiger partial charge in [0.15, 0.2) is 5.78 Å². The number of fused-ring (bicyclic) bond motifs is 1. The van der Waals surface area contributed by atoms with Crippen molar-refractivity contribution in [1.29, 1.82) is 0 Å². The largest absolute Gasteiger partial charge is 0.481 e. The molecular weight excluding hydrogens is 272 g/mol. The molecule has 0 N–H and O–H groups in total. The van der Waals surface area contributed by atoms with E-state index in [0.717, 1.165) is 15.4 Å². The molecule has 0 fully saturated rings. The Hall–Kier alpha value is -1.36. The molecule has 84 valence electrons. The number of nitrogens with zero attached hydrogens (tertiary/aromatic N) is 2. The second-order valence-electron chi connectivity index (χ2n) is 3.53. The number of hydrogen-bond acceptors (Lipinski definition) is 3.